The van der Waals surface area contributed by atoms with Crippen LogP contribution in [0.4, 0.5) is 26.3 Å². The van der Waals surface area contributed by atoms with Crippen LogP contribution < -0.4 is 0 Å². The van der Waals surface area contributed by atoms with Gasteiger partial charge in [0.05, 0.1) is 27.9 Å². The molecule has 0 bridgehead atoms. The van der Waals surface area contributed by atoms with Gasteiger partial charge in [0, 0.05) is 29.7 Å². The van der Waals surface area contributed by atoms with E-state index in [1.54, 1.807) is 0 Å². The third-order valence-electron chi connectivity index (χ3n) is 4.21. The summed E-state index contributed by atoms with van der Waals surface area (Å²) < 4.78 is 79.4. The summed E-state index contributed by atoms with van der Waals surface area (Å²) in [7, 11) is 0. The van der Waals surface area contributed by atoms with Gasteiger partial charge >= 0.3 is 12.4 Å². The fraction of sp³-hybridized carbons (Fsp3) is 0.105. The second kappa shape index (κ2) is 6.57. The Morgan fingerprint density at radius 2 is 1.62 bits per heavy atom. The molecule has 0 saturated carbocycles. The Morgan fingerprint density at radius 1 is 0.828 bits per heavy atom. The quantitative estimate of drug-likeness (QED) is 0.432. The van der Waals surface area contributed by atoms with Gasteiger partial charge in [-0.25, -0.2) is 4.98 Å². The number of benzene rings is 1. The number of H-pyrrole nitrogens is 1. The summed E-state index contributed by atoms with van der Waals surface area (Å²) in [5, 5.41) is 0. The number of alkyl halides is 6. The lowest BCUT2D eigenvalue weighted by atomic mass is 10.0. The monoisotopic (exact) mass is 408 g/mol. The van der Waals surface area contributed by atoms with E-state index in [4.69, 9.17) is 0 Å². The summed E-state index contributed by atoms with van der Waals surface area (Å²) in [6.45, 7) is 0. The average molecular weight is 408 g/mol. The molecule has 10 heteroatoms. The molecule has 0 unspecified atom stereocenters. The van der Waals surface area contributed by atoms with Gasteiger partial charge in [0.1, 0.15) is 5.82 Å². The van der Waals surface area contributed by atoms with Crippen molar-refractivity contribution in [3.63, 3.8) is 0 Å². The lowest BCUT2D eigenvalue weighted by molar-refractivity contribution is -0.138. The number of aromatic amines is 1. The summed E-state index contributed by atoms with van der Waals surface area (Å²) in [6.07, 6.45) is -5.38. The van der Waals surface area contributed by atoms with Crippen LogP contribution >= 0.6 is 0 Å². The van der Waals surface area contributed by atoms with Crippen molar-refractivity contribution in [3.05, 3.63) is 66.1 Å². The number of pyridine rings is 2. The van der Waals surface area contributed by atoms with Gasteiger partial charge in [-0.2, -0.15) is 26.3 Å². The fourth-order valence-corrected chi connectivity index (χ4v) is 2.87. The number of nitrogens with one attached hydrogen (secondary N) is 1. The van der Waals surface area contributed by atoms with Crippen LogP contribution in [0.3, 0.4) is 0 Å². The van der Waals surface area contributed by atoms with Crippen LogP contribution in [0.5, 0.6) is 0 Å². The minimum atomic E-state index is -4.70. The van der Waals surface area contributed by atoms with Crippen molar-refractivity contribution < 1.29 is 26.3 Å². The predicted octanol–water partition coefficient (Wildman–Crippen LogP) is 5.72. The maximum Gasteiger partial charge on any atom is 0.418 e. The zero-order valence-corrected chi connectivity index (χ0v) is 14.3. The first-order valence-corrected chi connectivity index (χ1v) is 8.18. The molecular weight excluding hydrogens is 398 g/mol. The van der Waals surface area contributed by atoms with Crippen molar-refractivity contribution in [2.75, 3.05) is 0 Å². The molecule has 0 amide bonds. The number of halogens is 6. The predicted molar refractivity (Wildman–Crippen MR) is 92.6 cm³/mol. The van der Waals surface area contributed by atoms with E-state index in [1.807, 2.05) is 0 Å². The Hall–Kier alpha value is -3.43. The van der Waals surface area contributed by atoms with Gasteiger partial charge < -0.3 is 4.98 Å². The normalized spacial score (nSPS) is 12.5. The van der Waals surface area contributed by atoms with E-state index in [2.05, 4.69) is 19.9 Å². The van der Waals surface area contributed by atoms with Crippen molar-refractivity contribution >= 4 is 11.0 Å². The van der Waals surface area contributed by atoms with E-state index in [0.29, 0.717) is 0 Å². The van der Waals surface area contributed by atoms with E-state index in [9.17, 15) is 26.3 Å². The van der Waals surface area contributed by atoms with Crippen LogP contribution in [0.1, 0.15) is 11.1 Å². The highest BCUT2D eigenvalue weighted by molar-refractivity contribution is 5.80. The minimum absolute atomic E-state index is 0.00489. The number of fused-ring (bicyclic) bond motifs is 1. The van der Waals surface area contributed by atoms with Gasteiger partial charge in [0.25, 0.3) is 0 Å². The summed E-state index contributed by atoms with van der Waals surface area (Å²) in [6, 6.07) is 6.66. The fourth-order valence-electron chi connectivity index (χ4n) is 2.87. The lowest BCUT2D eigenvalue weighted by Crippen LogP contribution is -2.09. The highest BCUT2D eigenvalue weighted by atomic mass is 19.4. The van der Waals surface area contributed by atoms with Crippen molar-refractivity contribution in [3.8, 4) is 22.6 Å². The maximum atomic E-state index is 13.6. The number of imidazole rings is 1. The smallest absolute Gasteiger partial charge is 0.338 e. The lowest BCUT2D eigenvalue weighted by Gasteiger charge is -2.13. The number of hydrogen-bond donors (Lipinski definition) is 1. The molecule has 4 aromatic rings. The third kappa shape index (κ3) is 3.65. The molecule has 0 spiro atoms. The van der Waals surface area contributed by atoms with Crippen molar-refractivity contribution in [2.24, 2.45) is 0 Å². The topological polar surface area (TPSA) is 54.5 Å². The average Bonchev–Trinajstić information content (AvgIpc) is 3.10. The van der Waals surface area contributed by atoms with Crippen molar-refractivity contribution in [1.82, 2.24) is 19.9 Å². The summed E-state index contributed by atoms with van der Waals surface area (Å²) in [5.41, 5.74) is -1.76. The summed E-state index contributed by atoms with van der Waals surface area (Å²) in [4.78, 5) is 14.4. The Balaban J connectivity index is 1.83. The molecular formula is C19H10F6N4. The molecule has 0 aliphatic rings. The molecule has 4 nitrogen and oxygen atoms in total. The van der Waals surface area contributed by atoms with Crippen LogP contribution in [0.2, 0.25) is 0 Å². The summed E-state index contributed by atoms with van der Waals surface area (Å²) >= 11 is 0. The molecule has 0 radical (unpaired) electrons. The molecule has 0 atom stereocenters. The Labute approximate surface area is 159 Å². The van der Waals surface area contributed by atoms with Gasteiger partial charge in [-0.3, -0.25) is 9.97 Å². The van der Waals surface area contributed by atoms with Gasteiger partial charge in [-0.15, -0.1) is 0 Å². The molecule has 148 valence electrons. The van der Waals surface area contributed by atoms with Crippen molar-refractivity contribution in [1.29, 1.82) is 0 Å². The van der Waals surface area contributed by atoms with Crippen LogP contribution in [0.15, 0.2) is 55.0 Å². The first-order valence-electron chi connectivity index (χ1n) is 8.18. The Kier molecular flexibility index (Phi) is 4.29. The van der Waals surface area contributed by atoms with Gasteiger partial charge in [0.15, 0.2) is 0 Å². The molecule has 3 aromatic heterocycles. The van der Waals surface area contributed by atoms with E-state index >= 15 is 0 Å². The molecule has 0 saturated heterocycles. The Morgan fingerprint density at radius 3 is 2.28 bits per heavy atom. The zero-order valence-electron chi connectivity index (χ0n) is 14.3. The third-order valence-corrected chi connectivity index (χ3v) is 4.21. The maximum absolute atomic E-state index is 13.6. The molecule has 0 fully saturated rings. The highest BCUT2D eigenvalue weighted by Crippen LogP contribution is 2.38. The van der Waals surface area contributed by atoms with Crippen LogP contribution in [-0.2, 0) is 12.4 Å². The molecule has 0 aliphatic heterocycles. The number of nitrogens with zero attached hydrogens (tertiary/aromatic N) is 3. The van der Waals surface area contributed by atoms with Crippen LogP contribution in [0, 0.1) is 0 Å². The second-order valence-electron chi connectivity index (χ2n) is 6.17. The standard InChI is InChI=1S/C19H10F6N4/c20-18(21,22)12-3-4-14-15(7-12)29-17(28-14)11-6-13(19(23,24)25)16(27-9-11)10-2-1-5-26-8-10/h1-9H,(H,28,29). The molecule has 1 aromatic carbocycles. The van der Waals surface area contributed by atoms with Crippen molar-refractivity contribution in [2.45, 2.75) is 12.4 Å². The van der Waals surface area contributed by atoms with E-state index in [0.717, 1.165) is 24.3 Å². The largest absolute Gasteiger partial charge is 0.418 e. The first kappa shape index (κ1) is 18.9. The number of hydrogen-bond acceptors (Lipinski definition) is 3. The zero-order chi connectivity index (χ0) is 20.8. The van der Waals surface area contributed by atoms with Gasteiger partial charge in [-0.1, -0.05) is 0 Å². The molecule has 3 heterocycles. The number of aromatic nitrogens is 4. The summed E-state index contributed by atoms with van der Waals surface area (Å²) in [5.74, 6) is -0.0185. The minimum Gasteiger partial charge on any atom is -0.338 e. The van der Waals surface area contributed by atoms with E-state index in [-0.39, 0.29) is 33.7 Å². The molecule has 1 N–H and O–H groups in total. The molecule has 4 rings (SSSR count). The van der Waals surface area contributed by atoms with Gasteiger partial charge in [-0.05, 0) is 36.4 Å². The van der Waals surface area contributed by atoms with Gasteiger partial charge in [0.2, 0.25) is 0 Å². The van der Waals surface area contributed by atoms with Crippen LogP contribution in [0.25, 0.3) is 33.7 Å². The van der Waals surface area contributed by atoms with E-state index in [1.165, 1.54) is 30.7 Å². The van der Waals surface area contributed by atoms with Crippen LogP contribution in [-0.4, -0.2) is 19.9 Å². The number of rotatable bonds is 2. The second-order valence-corrected chi connectivity index (χ2v) is 6.17. The SMILES string of the molecule is FC(F)(F)c1ccc2nc(-c3cnc(-c4cccnc4)c(C(F)(F)F)c3)[nH]c2c1. The first-order chi connectivity index (χ1) is 13.6. The highest BCUT2D eigenvalue weighted by Gasteiger charge is 2.35. The molecule has 0 aliphatic carbocycles. The van der Waals surface area contributed by atoms with E-state index < -0.39 is 23.5 Å². The Bertz CT molecular complexity index is 1180. The molecule has 29 heavy (non-hydrogen) atoms.